The van der Waals surface area contributed by atoms with E-state index in [1.165, 1.54) is 28.2 Å². The molecule has 0 atom stereocenters. The van der Waals surface area contributed by atoms with Crippen LogP contribution in [0.25, 0.3) is 45.2 Å². The number of ether oxygens (including phenoxy) is 1. The average molecular weight is 1320 g/mol. The summed E-state index contributed by atoms with van der Waals surface area (Å²) in [5.41, 5.74) is 12.4. The summed E-state index contributed by atoms with van der Waals surface area (Å²) in [6, 6.07) is 43.2. The fourth-order valence-electron chi connectivity index (χ4n) is 8.59. The second kappa shape index (κ2) is 38.3. The summed E-state index contributed by atoms with van der Waals surface area (Å²) in [5, 5.41) is 16.0. The van der Waals surface area contributed by atoms with Gasteiger partial charge in [0.1, 0.15) is 28.7 Å². The van der Waals surface area contributed by atoms with E-state index >= 15 is 0 Å². The van der Waals surface area contributed by atoms with Gasteiger partial charge in [0.15, 0.2) is 17.3 Å². The minimum atomic E-state index is -0.248. The first-order valence-electron chi connectivity index (χ1n) is 32.8. The van der Waals surface area contributed by atoms with Crippen molar-refractivity contribution >= 4 is 11.8 Å². The first-order chi connectivity index (χ1) is 46.4. The van der Waals surface area contributed by atoms with Gasteiger partial charge in [-0.1, -0.05) is 160 Å². The Balaban J connectivity index is 0.000000179. The molecule has 9 aromatic heterocycles. The number of hydrogen-bond acceptors (Lipinski definition) is 16. The quantitative estimate of drug-likeness (QED) is 0.0988. The number of amides is 2. The smallest absolute Gasteiger partial charge is 0.272 e. The van der Waals surface area contributed by atoms with Gasteiger partial charge in [0, 0.05) is 129 Å². The second-order valence-corrected chi connectivity index (χ2v) is 25.3. The molecule has 11 aromatic rings. The third-order valence-electron chi connectivity index (χ3n) is 15.1. The molecule has 0 aliphatic carbocycles. The van der Waals surface area contributed by atoms with E-state index in [1.54, 1.807) is 82.8 Å². The molecular weight excluding hydrogens is 1220 g/mol. The highest BCUT2D eigenvalue weighted by Crippen LogP contribution is 2.27. The third-order valence-corrected chi connectivity index (χ3v) is 15.1. The second-order valence-electron chi connectivity index (χ2n) is 25.3. The van der Waals surface area contributed by atoms with Crippen LogP contribution in [-0.4, -0.2) is 101 Å². The van der Waals surface area contributed by atoms with Gasteiger partial charge in [-0.3, -0.25) is 29.5 Å². The van der Waals surface area contributed by atoms with Gasteiger partial charge >= 0.3 is 0 Å². The molecule has 1 saturated heterocycles. The van der Waals surface area contributed by atoms with Crippen LogP contribution in [0.5, 0.6) is 5.88 Å². The fourth-order valence-corrected chi connectivity index (χ4v) is 8.59. The summed E-state index contributed by atoms with van der Waals surface area (Å²) in [4.78, 5) is 47.0. The molecule has 0 saturated carbocycles. The Labute approximate surface area is 571 Å². The van der Waals surface area contributed by atoms with Crippen molar-refractivity contribution in [1.29, 1.82) is 0 Å². The van der Waals surface area contributed by atoms with E-state index in [2.05, 4.69) is 129 Å². The maximum atomic E-state index is 12.7. The number of likely N-dealkylation sites (tertiary alicyclic amines) is 1. The number of carbonyl (C=O) groups excluding carboxylic acids is 2. The van der Waals surface area contributed by atoms with Crippen molar-refractivity contribution in [2.24, 2.45) is 0 Å². The Hall–Kier alpha value is -10.3. The maximum Gasteiger partial charge on any atom is 0.272 e. The predicted octanol–water partition coefficient (Wildman–Crippen LogP) is 19.0. The zero-order valence-electron chi connectivity index (χ0n) is 59.1. The number of benzene rings is 2. The third kappa shape index (κ3) is 24.1. The van der Waals surface area contributed by atoms with Crippen LogP contribution in [0.4, 0.5) is 4.39 Å². The van der Waals surface area contributed by atoms with Crippen LogP contribution in [0, 0.1) is 5.82 Å². The van der Waals surface area contributed by atoms with Crippen LogP contribution in [0.2, 0.25) is 0 Å². The minimum Gasteiger partial charge on any atom is -0.481 e. The van der Waals surface area contributed by atoms with Gasteiger partial charge in [0.25, 0.3) is 11.8 Å². The van der Waals surface area contributed by atoms with E-state index < -0.39 is 0 Å². The number of hydrogen-bond donors (Lipinski definition) is 0. The molecule has 97 heavy (non-hydrogen) atoms. The van der Waals surface area contributed by atoms with E-state index in [-0.39, 0.29) is 17.6 Å². The number of nitrogens with zero attached hydrogens (tertiary/aromatic N) is 11. The topological polar surface area (TPSA) is 218 Å². The Morgan fingerprint density at radius 3 is 1.37 bits per heavy atom. The number of methoxy groups -OCH3 is 1. The number of rotatable bonds is 14. The molecule has 2 amide bonds. The van der Waals surface area contributed by atoms with Crippen molar-refractivity contribution < 1.29 is 36.8 Å². The molecule has 19 heteroatoms. The summed E-state index contributed by atoms with van der Waals surface area (Å²) >= 11 is 0. The molecule has 10 heterocycles. The highest BCUT2D eigenvalue weighted by molar-refractivity contribution is 5.93. The Kier molecular flexibility index (Phi) is 29.9. The zero-order valence-corrected chi connectivity index (χ0v) is 59.1. The summed E-state index contributed by atoms with van der Waals surface area (Å²) in [5.74, 6) is 6.61. The fraction of sp³-hybridized carbons (Fsp3) is 0.346. The van der Waals surface area contributed by atoms with Gasteiger partial charge in [-0.2, -0.15) is 0 Å². The monoisotopic (exact) mass is 1320 g/mol. The first kappa shape index (κ1) is 75.7. The zero-order chi connectivity index (χ0) is 70.6. The number of aromatic nitrogens is 9. The van der Waals surface area contributed by atoms with Gasteiger partial charge in [-0.15, -0.1) is 0 Å². The van der Waals surface area contributed by atoms with Crippen LogP contribution in [0.15, 0.2) is 201 Å². The van der Waals surface area contributed by atoms with E-state index in [1.807, 2.05) is 128 Å². The standard InChI is InChI=1S/C12H12FNO.C12H16N2O.C12H13NO.2C11H12N2O.C11H16N2O.C9H13NO/c1-8(2)11-7-12(15-14-11)9-3-5-10(13)6-4-9;1-9(2)10-4-5-11(13-8-10)12(15)14-6-3-7-14;1-9(2)12-8-11(13-14-12)10-6-4-3-5-7-10;1-8(2)10-7-11(14-13-10)9-3-5-12-6-4-9;1-8(2)10-6-11(14-13-10)9-4-3-5-12-7-9;1-8(2)9-5-6-10(12-7-9)11(14)13(3)4;1-7(2)8-4-5-10-9(6-8)11-3/h3-8H,1-2H3;4-5,8-9H,3,6-7H2,1-2H3;3-9H,1-2H3;2*3-8H,1-2H3;5-8H,1-4H3;4-7H,1-3H3. The molecule has 1 aliphatic heterocycles. The van der Waals surface area contributed by atoms with Crippen LogP contribution in [0.3, 0.4) is 0 Å². The van der Waals surface area contributed by atoms with Gasteiger partial charge in [0.05, 0.1) is 24.2 Å². The Morgan fingerprint density at radius 1 is 0.454 bits per heavy atom. The van der Waals surface area contributed by atoms with Crippen molar-refractivity contribution in [3.63, 3.8) is 0 Å². The van der Waals surface area contributed by atoms with E-state index in [0.29, 0.717) is 64.5 Å². The lowest BCUT2D eigenvalue weighted by Crippen LogP contribution is -2.42. The van der Waals surface area contributed by atoms with Crippen molar-refractivity contribution in [3.05, 3.63) is 240 Å². The number of pyridine rings is 5. The number of halogens is 1. The summed E-state index contributed by atoms with van der Waals surface area (Å²) in [6.07, 6.45) is 13.5. The predicted molar refractivity (Wildman–Crippen MR) is 380 cm³/mol. The van der Waals surface area contributed by atoms with Gasteiger partial charge in [-0.25, -0.2) is 9.37 Å². The summed E-state index contributed by atoms with van der Waals surface area (Å²) in [6.45, 7) is 31.1. The Bertz CT molecular complexity index is 3840. The van der Waals surface area contributed by atoms with Gasteiger partial charge < -0.3 is 32.6 Å². The van der Waals surface area contributed by atoms with E-state index in [9.17, 15) is 14.0 Å². The number of carbonyl (C=O) groups is 2. The average Bonchev–Trinajstić information content (AvgIpc) is 1.90. The molecule has 12 rings (SSSR count). The van der Waals surface area contributed by atoms with Crippen molar-refractivity contribution in [3.8, 4) is 51.1 Å². The van der Waals surface area contributed by atoms with E-state index in [4.69, 9.17) is 22.8 Å². The molecule has 0 N–H and O–H groups in total. The lowest BCUT2D eigenvalue weighted by molar-refractivity contribution is 0.0645. The lowest BCUT2D eigenvalue weighted by atomic mass is 10.1. The van der Waals surface area contributed by atoms with Crippen LogP contribution in [-0.2, 0) is 0 Å². The molecule has 0 bridgehead atoms. The molecule has 0 unspecified atom stereocenters. The highest BCUT2D eigenvalue weighted by atomic mass is 19.1. The largest absolute Gasteiger partial charge is 0.481 e. The van der Waals surface area contributed by atoms with Crippen LogP contribution in [0.1, 0.15) is 205 Å². The highest BCUT2D eigenvalue weighted by Gasteiger charge is 2.23. The summed E-state index contributed by atoms with van der Waals surface area (Å²) < 4.78 is 38.5. The first-order valence-corrected chi connectivity index (χ1v) is 32.8. The van der Waals surface area contributed by atoms with Gasteiger partial charge in [-0.05, 0) is 125 Å². The van der Waals surface area contributed by atoms with Crippen LogP contribution >= 0.6 is 0 Å². The van der Waals surface area contributed by atoms with E-state index in [0.717, 1.165) is 87.4 Å². The SMILES string of the molecule is CC(C)c1cc(-c2ccc(F)cc2)on1.CC(C)c1cc(-c2ccccc2)no1.CC(C)c1cc(-c2cccnc2)on1.CC(C)c1cc(-c2ccncc2)on1.CC(C)c1ccc(C(=O)N(C)C)nc1.CC(C)c1ccc(C(=O)N2CCC2)nc1.COc1cc(C(C)C)ccn1. The van der Waals surface area contributed by atoms with Crippen molar-refractivity contribution in [2.75, 3.05) is 34.3 Å². The molecular formula is C78H94FN11O7. The molecule has 1 aliphatic rings. The van der Waals surface area contributed by atoms with Crippen molar-refractivity contribution in [2.45, 2.75) is 145 Å². The molecule has 0 radical (unpaired) electrons. The Morgan fingerprint density at radius 2 is 0.959 bits per heavy atom. The van der Waals surface area contributed by atoms with Crippen LogP contribution < -0.4 is 4.74 Å². The lowest BCUT2D eigenvalue weighted by Gasteiger charge is -2.30. The van der Waals surface area contributed by atoms with Crippen molar-refractivity contribution in [1.82, 2.24) is 55.3 Å². The molecule has 18 nitrogen and oxygen atoms in total. The molecule has 510 valence electrons. The summed E-state index contributed by atoms with van der Waals surface area (Å²) in [7, 11) is 5.08. The molecule has 1 fully saturated rings. The molecule has 2 aromatic carbocycles. The normalized spacial score (nSPS) is 11.4. The minimum absolute atomic E-state index is 0.0553. The van der Waals surface area contributed by atoms with Gasteiger partial charge in [0.2, 0.25) is 5.88 Å². The molecule has 0 spiro atoms. The maximum absolute atomic E-state index is 12.7.